The van der Waals surface area contributed by atoms with E-state index in [2.05, 4.69) is 10.6 Å². The molecule has 24 heavy (non-hydrogen) atoms. The molecule has 3 rings (SSSR count). The van der Waals surface area contributed by atoms with Gasteiger partial charge in [0.15, 0.2) is 0 Å². The molecule has 5 nitrogen and oxygen atoms in total. The maximum absolute atomic E-state index is 13.2. The van der Waals surface area contributed by atoms with Gasteiger partial charge in [-0.3, -0.25) is 10.1 Å². The molecule has 2 heterocycles. The molecule has 7 heteroatoms. The van der Waals surface area contributed by atoms with Crippen LogP contribution in [0.25, 0.3) is 0 Å². The normalized spacial score (nSPS) is 25.6. The van der Waals surface area contributed by atoms with Crippen LogP contribution in [-0.4, -0.2) is 43.7 Å². The van der Waals surface area contributed by atoms with E-state index in [1.54, 1.807) is 0 Å². The van der Waals surface area contributed by atoms with Crippen molar-refractivity contribution in [2.24, 2.45) is 0 Å². The topological polar surface area (TPSA) is 59.6 Å². The molecule has 2 saturated heterocycles. The quantitative estimate of drug-likeness (QED) is 0.858. The highest BCUT2D eigenvalue weighted by atomic mass is 19.3. The van der Waals surface area contributed by atoms with E-state index in [-0.39, 0.29) is 12.6 Å². The highest BCUT2D eigenvalue weighted by molar-refractivity contribution is 5.82. The molecule has 0 radical (unpaired) electrons. The molecular weight excluding hydrogens is 318 g/mol. The van der Waals surface area contributed by atoms with Crippen LogP contribution >= 0.6 is 0 Å². The molecule has 0 bridgehead atoms. The molecule has 2 fully saturated rings. The van der Waals surface area contributed by atoms with E-state index >= 15 is 0 Å². The van der Waals surface area contributed by atoms with Crippen molar-refractivity contribution in [3.05, 3.63) is 29.3 Å². The second-order valence-corrected chi connectivity index (χ2v) is 6.43. The SMILES string of the molecule is Cc1ccc(CNC(=O)C2CC(F)(F)CN2)c(OC2CCOC2)c1. The third-order valence-corrected chi connectivity index (χ3v) is 4.28. The summed E-state index contributed by atoms with van der Waals surface area (Å²) in [5, 5.41) is 5.27. The summed E-state index contributed by atoms with van der Waals surface area (Å²) in [6.07, 6.45) is 0.382. The van der Waals surface area contributed by atoms with Crippen molar-refractivity contribution in [3.63, 3.8) is 0 Å². The Morgan fingerprint density at radius 1 is 1.50 bits per heavy atom. The van der Waals surface area contributed by atoms with Gasteiger partial charge < -0.3 is 14.8 Å². The molecule has 2 aliphatic heterocycles. The van der Waals surface area contributed by atoms with E-state index in [0.29, 0.717) is 19.0 Å². The minimum absolute atomic E-state index is 0.0106. The predicted octanol–water partition coefficient (Wildman–Crippen LogP) is 1.78. The van der Waals surface area contributed by atoms with Gasteiger partial charge >= 0.3 is 0 Å². The fraction of sp³-hybridized carbons (Fsp3) is 0.588. The number of rotatable bonds is 5. The van der Waals surface area contributed by atoms with Gasteiger partial charge in [-0.15, -0.1) is 0 Å². The number of aryl methyl sites for hydroxylation is 1. The summed E-state index contributed by atoms with van der Waals surface area (Å²) in [7, 11) is 0. The van der Waals surface area contributed by atoms with Crippen molar-refractivity contribution in [1.29, 1.82) is 0 Å². The van der Waals surface area contributed by atoms with E-state index < -0.39 is 30.8 Å². The third kappa shape index (κ3) is 4.21. The molecule has 1 amide bonds. The van der Waals surface area contributed by atoms with Crippen LogP contribution in [0.4, 0.5) is 8.78 Å². The zero-order valence-corrected chi connectivity index (χ0v) is 13.6. The molecule has 2 N–H and O–H groups in total. The summed E-state index contributed by atoms with van der Waals surface area (Å²) < 4.78 is 37.6. The standard InChI is InChI=1S/C17H22F2N2O3/c1-11-2-3-12(15(6-11)24-13-4-5-23-9-13)8-20-16(22)14-7-17(18,19)10-21-14/h2-3,6,13-14,21H,4-5,7-10H2,1H3,(H,20,22). The first-order valence-corrected chi connectivity index (χ1v) is 8.16. The van der Waals surface area contributed by atoms with Crippen molar-refractivity contribution in [2.75, 3.05) is 19.8 Å². The van der Waals surface area contributed by atoms with Gasteiger partial charge in [0.1, 0.15) is 11.9 Å². The summed E-state index contributed by atoms with van der Waals surface area (Å²) in [5.74, 6) is -2.53. The van der Waals surface area contributed by atoms with Gasteiger partial charge in [0.25, 0.3) is 5.92 Å². The van der Waals surface area contributed by atoms with Crippen LogP contribution in [0.5, 0.6) is 5.75 Å². The number of carbonyl (C=O) groups excluding carboxylic acids is 1. The lowest BCUT2D eigenvalue weighted by atomic mass is 10.1. The maximum Gasteiger partial charge on any atom is 0.262 e. The number of alkyl halides is 2. The van der Waals surface area contributed by atoms with Gasteiger partial charge in [0.2, 0.25) is 5.91 Å². The van der Waals surface area contributed by atoms with Crippen molar-refractivity contribution in [1.82, 2.24) is 10.6 Å². The first-order valence-electron chi connectivity index (χ1n) is 8.16. The number of ether oxygens (including phenoxy) is 2. The molecular formula is C17H22F2N2O3. The van der Waals surface area contributed by atoms with Gasteiger partial charge in [-0.1, -0.05) is 12.1 Å². The minimum Gasteiger partial charge on any atom is -0.488 e. The molecule has 2 atom stereocenters. The van der Waals surface area contributed by atoms with Crippen molar-refractivity contribution >= 4 is 5.91 Å². The first kappa shape index (κ1) is 17.1. The molecule has 0 aromatic heterocycles. The number of amides is 1. The van der Waals surface area contributed by atoms with E-state index in [1.165, 1.54) is 0 Å². The van der Waals surface area contributed by atoms with Crippen LogP contribution in [-0.2, 0) is 16.1 Å². The van der Waals surface area contributed by atoms with Crippen molar-refractivity contribution in [2.45, 2.75) is 44.4 Å². The Morgan fingerprint density at radius 3 is 3.00 bits per heavy atom. The number of benzene rings is 1. The largest absolute Gasteiger partial charge is 0.488 e. The van der Waals surface area contributed by atoms with Gasteiger partial charge in [-0.25, -0.2) is 8.78 Å². The van der Waals surface area contributed by atoms with Gasteiger partial charge in [0, 0.05) is 24.9 Å². The zero-order chi connectivity index (χ0) is 17.2. The van der Waals surface area contributed by atoms with Gasteiger partial charge in [0.05, 0.1) is 25.8 Å². The summed E-state index contributed by atoms with van der Waals surface area (Å²) in [6, 6.07) is 4.89. The van der Waals surface area contributed by atoms with E-state index in [9.17, 15) is 13.6 Å². The average molecular weight is 340 g/mol. The fourth-order valence-electron chi connectivity index (χ4n) is 2.91. The Morgan fingerprint density at radius 2 is 2.33 bits per heavy atom. The zero-order valence-electron chi connectivity index (χ0n) is 13.6. The number of hydrogen-bond donors (Lipinski definition) is 2. The molecule has 0 aliphatic carbocycles. The van der Waals surface area contributed by atoms with Crippen LogP contribution in [0.15, 0.2) is 18.2 Å². The number of nitrogens with one attached hydrogen (secondary N) is 2. The minimum atomic E-state index is -2.82. The molecule has 1 aromatic rings. The Kier molecular flexibility index (Phi) is 5.01. The first-order chi connectivity index (χ1) is 11.4. The second kappa shape index (κ2) is 7.03. The summed E-state index contributed by atoms with van der Waals surface area (Å²) >= 11 is 0. The molecule has 1 aromatic carbocycles. The summed E-state index contributed by atoms with van der Waals surface area (Å²) in [4.78, 5) is 12.1. The summed E-state index contributed by atoms with van der Waals surface area (Å²) in [6.45, 7) is 2.99. The van der Waals surface area contributed by atoms with Crippen LogP contribution in [0.1, 0.15) is 24.0 Å². The van der Waals surface area contributed by atoms with Crippen LogP contribution in [0.3, 0.4) is 0 Å². The lowest BCUT2D eigenvalue weighted by Gasteiger charge is -2.17. The highest BCUT2D eigenvalue weighted by Gasteiger charge is 2.42. The van der Waals surface area contributed by atoms with E-state index in [1.807, 2.05) is 25.1 Å². The van der Waals surface area contributed by atoms with Crippen LogP contribution < -0.4 is 15.4 Å². The van der Waals surface area contributed by atoms with E-state index in [0.717, 1.165) is 17.5 Å². The Hall–Kier alpha value is -1.73. The number of halogens is 2. The number of carbonyl (C=O) groups is 1. The lowest BCUT2D eigenvalue weighted by Crippen LogP contribution is -2.40. The Balaban J connectivity index is 1.61. The maximum atomic E-state index is 13.2. The Labute approximate surface area is 139 Å². The number of hydrogen-bond acceptors (Lipinski definition) is 4. The van der Waals surface area contributed by atoms with E-state index in [4.69, 9.17) is 9.47 Å². The smallest absolute Gasteiger partial charge is 0.262 e. The van der Waals surface area contributed by atoms with Crippen LogP contribution in [0, 0.1) is 6.92 Å². The highest BCUT2D eigenvalue weighted by Crippen LogP contribution is 2.26. The van der Waals surface area contributed by atoms with Gasteiger partial charge in [-0.05, 0) is 18.6 Å². The lowest BCUT2D eigenvalue weighted by molar-refractivity contribution is -0.123. The monoisotopic (exact) mass is 340 g/mol. The fourth-order valence-corrected chi connectivity index (χ4v) is 2.91. The Bertz CT molecular complexity index is 603. The molecule has 2 unspecified atom stereocenters. The van der Waals surface area contributed by atoms with Gasteiger partial charge in [-0.2, -0.15) is 0 Å². The predicted molar refractivity (Wildman–Crippen MR) is 84.2 cm³/mol. The molecule has 132 valence electrons. The summed E-state index contributed by atoms with van der Waals surface area (Å²) in [5.41, 5.74) is 1.88. The van der Waals surface area contributed by atoms with Crippen molar-refractivity contribution < 1.29 is 23.0 Å². The molecule has 0 spiro atoms. The van der Waals surface area contributed by atoms with Crippen LogP contribution in [0.2, 0.25) is 0 Å². The third-order valence-electron chi connectivity index (χ3n) is 4.28. The molecule has 0 saturated carbocycles. The molecule has 2 aliphatic rings. The average Bonchev–Trinajstić information content (AvgIpc) is 3.15. The van der Waals surface area contributed by atoms with Crippen molar-refractivity contribution in [3.8, 4) is 5.75 Å². The second-order valence-electron chi connectivity index (χ2n) is 6.43.